The molecule has 7 nitrogen and oxygen atoms in total. The van der Waals surface area contributed by atoms with Crippen molar-refractivity contribution in [3.05, 3.63) is 33.9 Å². The molecule has 1 fully saturated rings. The third-order valence-electron chi connectivity index (χ3n) is 3.95. The Bertz CT molecular complexity index is 575. The number of benzene rings is 1. The Morgan fingerprint density at radius 2 is 2.23 bits per heavy atom. The number of piperidine rings is 1. The van der Waals surface area contributed by atoms with Gasteiger partial charge >= 0.3 is 5.97 Å². The number of methoxy groups -OCH3 is 1. The molecule has 0 aliphatic carbocycles. The summed E-state index contributed by atoms with van der Waals surface area (Å²) in [6.45, 7) is 3.69. The molecule has 2 atom stereocenters. The molecule has 1 aromatic rings. The number of non-ortho nitro benzene ring substituents is 1. The lowest BCUT2D eigenvalue weighted by molar-refractivity contribution is -0.385. The molecule has 1 heterocycles. The maximum atomic E-state index is 11.2. The summed E-state index contributed by atoms with van der Waals surface area (Å²) in [6, 6.07) is 4.48. The van der Waals surface area contributed by atoms with Crippen molar-refractivity contribution in [2.45, 2.75) is 19.9 Å². The summed E-state index contributed by atoms with van der Waals surface area (Å²) in [5, 5.41) is 20.1. The molecule has 1 aromatic carbocycles. The van der Waals surface area contributed by atoms with E-state index < -0.39 is 16.8 Å². The number of rotatable bonds is 5. The molecule has 0 spiro atoms. The van der Waals surface area contributed by atoms with Crippen molar-refractivity contribution < 1.29 is 19.6 Å². The van der Waals surface area contributed by atoms with E-state index in [1.165, 1.54) is 19.2 Å². The van der Waals surface area contributed by atoms with Crippen molar-refractivity contribution >= 4 is 11.7 Å². The Morgan fingerprint density at radius 3 is 2.82 bits per heavy atom. The van der Waals surface area contributed by atoms with Gasteiger partial charge in [-0.25, -0.2) is 0 Å². The molecular formula is C15H20N2O5. The fourth-order valence-electron chi connectivity index (χ4n) is 3.01. The van der Waals surface area contributed by atoms with Crippen LogP contribution in [0.2, 0.25) is 0 Å². The molecule has 22 heavy (non-hydrogen) atoms. The fraction of sp³-hybridized carbons (Fsp3) is 0.533. The number of carboxylic acid groups (broad SMARTS) is 1. The number of nitrogens with zero attached hydrogens (tertiary/aromatic N) is 2. The van der Waals surface area contributed by atoms with E-state index in [1.807, 2.05) is 11.8 Å². The first-order valence-corrected chi connectivity index (χ1v) is 7.17. The average Bonchev–Trinajstić information content (AvgIpc) is 2.46. The molecule has 7 heteroatoms. The second kappa shape index (κ2) is 6.74. The highest BCUT2D eigenvalue weighted by Crippen LogP contribution is 2.28. The SMILES string of the molecule is COc1ccc([N+](=O)[O-])cc1CN1CC(C)CC(C(=O)O)C1. The number of carbonyl (C=O) groups is 1. The first-order valence-electron chi connectivity index (χ1n) is 7.17. The van der Waals surface area contributed by atoms with Crippen LogP contribution in [-0.2, 0) is 11.3 Å². The summed E-state index contributed by atoms with van der Waals surface area (Å²) in [5.74, 6) is -0.328. The Hall–Kier alpha value is -2.15. The van der Waals surface area contributed by atoms with Crippen LogP contribution < -0.4 is 4.74 Å². The van der Waals surface area contributed by atoms with Gasteiger partial charge in [-0.05, 0) is 18.4 Å². The summed E-state index contributed by atoms with van der Waals surface area (Å²) in [7, 11) is 1.52. The summed E-state index contributed by atoms with van der Waals surface area (Å²) < 4.78 is 5.26. The molecule has 0 saturated carbocycles. The van der Waals surface area contributed by atoms with Gasteiger partial charge in [0.15, 0.2) is 0 Å². The number of hydrogen-bond acceptors (Lipinski definition) is 5. The van der Waals surface area contributed by atoms with Gasteiger partial charge in [-0.15, -0.1) is 0 Å². The van der Waals surface area contributed by atoms with Crippen molar-refractivity contribution in [2.75, 3.05) is 20.2 Å². The largest absolute Gasteiger partial charge is 0.496 e. The van der Waals surface area contributed by atoms with Crippen molar-refractivity contribution in [3.8, 4) is 5.75 Å². The van der Waals surface area contributed by atoms with E-state index >= 15 is 0 Å². The molecule has 2 unspecified atom stereocenters. The van der Waals surface area contributed by atoms with Gasteiger partial charge in [0.1, 0.15) is 5.75 Å². The van der Waals surface area contributed by atoms with Crippen molar-refractivity contribution in [1.82, 2.24) is 4.90 Å². The highest BCUT2D eigenvalue weighted by atomic mass is 16.6. The zero-order chi connectivity index (χ0) is 16.3. The van der Waals surface area contributed by atoms with Crippen LogP contribution in [0.5, 0.6) is 5.75 Å². The topological polar surface area (TPSA) is 92.9 Å². The van der Waals surface area contributed by atoms with Crippen molar-refractivity contribution in [2.24, 2.45) is 11.8 Å². The van der Waals surface area contributed by atoms with Crippen LogP contribution in [0.25, 0.3) is 0 Å². The predicted octanol–water partition coefficient (Wildman–Crippen LogP) is 2.15. The maximum absolute atomic E-state index is 11.2. The average molecular weight is 308 g/mol. The first kappa shape index (κ1) is 16.2. The molecule has 0 amide bonds. The van der Waals surface area contributed by atoms with E-state index in [-0.39, 0.29) is 11.6 Å². The fourth-order valence-corrected chi connectivity index (χ4v) is 3.01. The Morgan fingerprint density at radius 1 is 1.50 bits per heavy atom. The Labute approximate surface area is 128 Å². The van der Waals surface area contributed by atoms with Crippen LogP contribution in [0.3, 0.4) is 0 Å². The minimum absolute atomic E-state index is 0.00985. The summed E-state index contributed by atoms with van der Waals surface area (Å²) in [4.78, 5) is 23.7. The van der Waals surface area contributed by atoms with E-state index in [9.17, 15) is 20.0 Å². The number of carboxylic acids is 1. The maximum Gasteiger partial charge on any atom is 0.307 e. The summed E-state index contributed by atoms with van der Waals surface area (Å²) in [5.41, 5.74) is 0.714. The van der Waals surface area contributed by atoms with E-state index in [1.54, 1.807) is 6.07 Å². The zero-order valence-corrected chi connectivity index (χ0v) is 12.7. The lowest BCUT2D eigenvalue weighted by atomic mass is 9.90. The van der Waals surface area contributed by atoms with E-state index in [4.69, 9.17) is 4.74 Å². The van der Waals surface area contributed by atoms with E-state index in [0.717, 1.165) is 6.54 Å². The van der Waals surface area contributed by atoms with Gasteiger partial charge in [-0.1, -0.05) is 6.92 Å². The second-order valence-corrected chi connectivity index (χ2v) is 5.82. The predicted molar refractivity (Wildman–Crippen MR) is 79.8 cm³/mol. The number of ether oxygens (including phenoxy) is 1. The van der Waals surface area contributed by atoms with Crippen molar-refractivity contribution in [1.29, 1.82) is 0 Å². The molecule has 2 rings (SSSR count). The third-order valence-corrected chi connectivity index (χ3v) is 3.95. The number of aliphatic carboxylic acids is 1. The minimum atomic E-state index is -0.789. The normalized spacial score (nSPS) is 22.3. The van der Waals surface area contributed by atoms with Crippen LogP contribution in [-0.4, -0.2) is 41.1 Å². The molecule has 120 valence electrons. The van der Waals surface area contributed by atoms with Crippen LogP contribution in [0.1, 0.15) is 18.9 Å². The van der Waals surface area contributed by atoms with Crippen LogP contribution in [0.15, 0.2) is 18.2 Å². The Balaban J connectivity index is 2.19. The van der Waals surface area contributed by atoms with Crippen molar-refractivity contribution in [3.63, 3.8) is 0 Å². The molecule has 0 radical (unpaired) electrons. The highest BCUT2D eigenvalue weighted by Gasteiger charge is 2.30. The highest BCUT2D eigenvalue weighted by molar-refractivity contribution is 5.70. The van der Waals surface area contributed by atoms with E-state index in [0.29, 0.717) is 30.8 Å². The van der Waals surface area contributed by atoms with Gasteiger partial charge < -0.3 is 9.84 Å². The van der Waals surface area contributed by atoms with E-state index in [2.05, 4.69) is 0 Å². The van der Waals surface area contributed by atoms with Crippen LogP contribution in [0.4, 0.5) is 5.69 Å². The number of nitro benzene ring substituents is 1. The zero-order valence-electron chi connectivity index (χ0n) is 12.7. The van der Waals surface area contributed by atoms with Gasteiger partial charge in [0.05, 0.1) is 18.0 Å². The number of nitro groups is 1. The van der Waals surface area contributed by atoms with Gasteiger partial charge in [0, 0.05) is 37.3 Å². The van der Waals surface area contributed by atoms with Gasteiger partial charge in [0.25, 0.3) is 5.69 Å². The smallest absolute Gasteiger partial charge is 0.307 e. The second-order valence-electron chi connectivity index (χ2n) is 5.82. The molecular weight excluding hydrogens is 288 g/mol. The lowest BCUT2D eigenvalue weighted by Crippen LogP contribution is -2.42. The van der Waals surface area contributed by atoms with Gasteiger partial charge in [-0.2, -0.15) is 0 Å². The van der Waals surface area contributed by atoms with Gasteiger partial charge in [0.2, 0.25) is 0 Å². The minimum Gasteiger partial charge on any atom is -0.496 e. The monoisotopic (exact) mass is 308 g/mol. The lowest BCUT2D eigenvalue weighted by Gasteiger charge is -2.34. The quantitative estimate of drug-likeness (QED) is 0.661. The first-order chi connectivity index (χ1) is 10.4. The molecule has 1 aliphatic heterocycles. The third kappa shape index (κ3) is 3.73. The number of hydrogen-bond donors (Lipinski definition) is 1. The van der Waals surface area contributed by atoms with Crippen LogP contribution >= 0.6 is 0 Å². The van der Waals surface area contributed by atoms with Gasteiger partial charge in [-0.3, -0.25) is 19.8 Å². The standard InChI is InChI=1S/C15H20N2O5/c1-10-5-12(15(18)19)9-16(7-10)8-11-6-13(17(20)21)3-4-14(11)22-2/h3-4,6,10,12H,5,7-9H2,1-2H3,(H,18,19). The molecule has 1 N–H and O–H groups in total. The van der Waals surface area contributed by atoms with Crippen LogP contribution in [0, 0.1) is 22.0 Å². The molecule has 0 bridgehead atoms. The Kier molecular flexibility index (Phi) is 4.97. The summed E-state index contributed by atoms with van der Waals surface area (Å²) >= 11 is 0. The molecule has 1 saturated heterocycles. The number of likely N-dealkylation sites (tertiary alicyclic amines) is 1. The summed E-state index contributed by atoms with van der Waals surface area (Å²) in [6.07, 6.45) is 0.665. The molecule has 1 aliphatic rings. The molecule has 0 aromatic heterocycles.